The van der Waals surface area contributed by atoms with E-state index < -0.39 is 0 Å². The number of carbonyl (C=O) groups is 1. The van der Waals surface area contributed by atoms with Gasteiger partial charge in [-0.05, 0) is 39.0 Å². The molecule has 1 aliphatic rings. The van der Waals surface area contributed by atoms with Gasteiger partial charge in [-0.15, -0.1) is 0 Å². The highest BCUT2D eigenvalue weighted by Gasteiger charge is 2.42. The zero-order chi connectivity index (χ0) is 24.9. The zero-order valence-corrected chi connectivity index (χ0v) is 23.3. The number of amides is 1. The fourth-order valence-corrected chi connectivity index (χ4v) is 5.46. The van der Waals surface area contributed by atoms with Crippen molar-refractivity contribution in [2.75, 3.05) is 13.1 Å². The maximum Gasteiger partial charge on any atom is 0.221 e. The van der Waals surface area contributed by atoms with Crippen LogP contribution in [0.25, 0.3) is 0 Å². The van der Waals surface area contributed by atoms with Crippen LogP contribution in [0.1, 0.15) is 143 Å². The van der Waals surface area contributed by atoms with E-state index in [0.29, 0.717) is 6.17 Å². The first kappa shape index (κ1) is 30.9. The van der Waals surface area contributed by atoms with Gasteiger partial charge in [0.1, 0.15) is 6.54 Å². The predicted octanol–water partition coefficient (Wildman–Crippen LogP) is 8.31. The maximum absolute atomic E-state index is 11.5. The Morgan fingerprint density at radius 3 is 1.88 bits per heavy atom. The molecule has 3 atom stereocenters. The molecule has 0 aromatic rings. The zero-order valence-electron chi connectivity index (χ0n) is 23.3. The van der Waals surface area contributed by atoms with Crippen LogP contribution in [0.15, 0.2) is 17.1 Å². The molecular weight excluding hydrogens is 418 g/mol. The van der Waals surface area contributed by atoms with E-state index in [1.54, 1.807) is 6.92 Å². The molecule has 1 N–H and O–H groups in total. The second-order valence-corrected chi connectivity index (χ2v) is 10.6. The Morgan fingerprint density at radius 1 is 0.882 bits per heavy atom. The number of carbonyl (C=O) groups excluding carboxylic acids is 1. The molecule has 1 heterocycles. The molecule has 0 saturated heterocycles. The summed E-state index contributed by atoms with van der Waals surface area (Å²) in [6.45, 7) is 10.2. The minimum absolute atomic E-state index is 0.0535. The van der Waals surface area contributed by atoms with E-state index in [1.807, 2.05) is 0 Å². The summed E-state index contributed by atoms with van der Waals surface area (Å²) in [6.07, 6.45) is 31.8. The van der Waals surface area contributed by atoms with E-state index in [0.717, 1.165) is 24.0 Å². The van der Waals surface area contributed by atoms with Gasteiger partial charge in [0.25, 0.3) is 0 Å². The van der Waals surface area contributed by atoms with Crippen LogP contribution in [0.4, 0.5) is 0 Å². The summed E-state index contributed by atoms with van der Waals surface area (Å²) in [4.78, 5) is 16.3. The van der Waals surface area contributed by atoms with Crippen molar-refractivity contribution in [2.45, 2.75) is 156 Å². The van der Waals surface area contributed by atoms with Gasteiger partial charge in [0, 0.05) is 20.3 Å². The summed E-state index contributed by atoms with van der Waals surface area (Å²) < 4.78 is 0.870. The molecule has 198 valence electrons. The molecule has 1 amide bonds. The third-order valence-corrected chi connectivity index (χ3v) is 7.79. The maximum atomic E-state index is 11.5. The van der Waals surface area contributed by atoms with Crippen LogP contribution < -0.4 is 5.32 Å². The van der Waals surface area contributed by atoms with Gasteiger partial charge in [-0.3, -0.25) is 9.28 Å². The topological polar surface area (TPSA) is 41.5 Å². The van der Waals surface area contributed by atoms with Crippen molar-refractivity contribution in [1.82, 2.24) is 5.32 Å². The summed E-state index contributed by atoms with van der Waals surface area (Å²) >= 11 is 0. The summed E-state index contributed by atoms with van der Waals surface area (Å²) in [7, 11) is 0. The van der Waals surface area contributed by atoms with E-state index in [1.165, 1.54) is 109 Å². The minimum atomic E-state index is 0.0535. The van der Waals surface area contributed by atoms with Crippen molar-refractivity contribution >= 4 is 12.1 Å². The summed E-state index contributed by atoms with van der Waals surface area (Å²) in [5.74, 6) is 0.0535. The SMILES string of the molecule is CCCCCCCCCCCCCCC/C=C/CCCCC1N=CC[N+]1(CC)C(C)NC(C)=O. The number of aliphatic imine (C=N–C) groups is 1. The highest BCUT2D eigenvalue weighted by Crippen LogP contribution is 2.27. The van der Waals surface area contributed by atoms with Gasteiger partial charge in [0.15, 0.2) is 12.3 Å². The number of rotatable bonds is 22. The van der Waals surface area contributed by atoms with Crippen LogP contribution in [0.5, 0.6) is 0 Å². The van der Waals surface area contributed by atoms with Crippen molar-refractivity contribution in [1.29, 1.82) is 0 Å². The van der Waals surface area contributed by atoms with Gasteiger partial charge in [0.2, 0.25) is 5.91 Å². The van der Waals surface area contributed by atoms with Crippen molar-refractivity contribution < 1.29 is 9.28 Å². The van der Waals surface area contributed by atoms with Crippen molar-refractivity contribution in [3.8, 4) is 0 Å². The quantitative estimate of drug-likeness (QED) is 0.0952. The first-order valence-corrected chi connectivity index (χ1v) is 14.9. The fraction of sp³-hybridized carbons (Fsp3) is 0.867. The summed E-state index contributed by atoms with van der Waals surface area (Å²) in [6, 6.07) is 0. The largest absolute Gasteiger partial charge is 0.307 e. The summed E-state index contributed by atoms with van der Waals surface area (Å²) in [5, 5.41) is 3.11. The first-order chi connectivity index (χ1) is 16.6. The molecule has 3 unspecified atom stereocenters. The lowest BCUT2D eigenvalue weighted by Gasteiger charge is -2.42. The molecule has 0 spiro atoms. The molecule has 0 radical (unpaired) electrons. The molecule has 34 heavy (non-hydrogen) atoms. The number of unbranched alkanes of at least 4 members (excludes halogenated alkanes) is 15. The Labute approximate surface area is 212 Å². The van der Waals surface area contributed by atoms with E-state index in [4.69, 9.17) is 4.99 Å². The van der Waals surface area contributed by atoms with E-state index in [2.05, 4.69) is 44.5 Å². The van der Waals surface area contributed by atoms with Crippen LogP contribution in [0.2, 0.25) is 0 Å². The van der Waals surface area contributed by atoms with Crippen LogP contribution >= 0.6 is 0 Å². The van der Waals surface area contributed by atoms with Crippen molar-refractivity contribution in [3.05, 3.63) is 12.2 Å². The van der Waals surface area contributed by atoms with Crippen molar-refractivity contribution in [2.24, 2.45) is 4.99 Å². The van der Waals surface area contributed by atoms with Gasteiger partial charge in [0.05, 0.1) is 12.8 Å². The second kappa shape index (κ2) is 20.1. The van der Waals surface area contributed by atoms with Gasteiger partial charge in [-0.2, -0.15) is 0 Å². The molecule has 4 nitrogen and oxygen atoms in total. The number of quaternary nitrogens is 1. The number of nitrogens with one attached hydrogen (secondary N) is 1. The van der Waals surface area contributed by atoms with Gasteiger partial charge in [-0.25, -0.2) is 4.99 Å². The third kappa shape index (κ3) is 13.1. The molecule has 0 aliphatic carbocycles. The average Bonchev–Trinajstić information content (AvgIpc) is 3.24. The van der Waals surface area contributed by atoms with E-state index >= 15 is 0 Å². The van der Waals surface area contributed by atoms with Crippen LogP contribution in [-0.2, 0) is 4.79 Å². The first-order valence-electron chi connectivity index (χ1n) is 14.9. The fourth-order valence-electron chi connectivity index (χ4n) is 5.46. The Bertz CT molecular complexity index is 559. The van der Waals surface area contributed by atoms with Gasteiger partial charge >= 0.3 is 0 Å². The Balaban J connectivity index is 1.97. The number of allylic oxidation sites excluding steroid dienone is 2. The molecule has 0 bridgehead atoms. The number of nitrogens with zero attached hydrogens (tertiary/aromatic N) is 2. The lowest BCUT2D eigenvalue weighted by molar-refractivity contribution is -0.959. The lowest BCUT2D eigenvalue weighted by atomic mass is 10.0. The Hall–Kier alpha value is -1.16. The molecule has 1 aliphatic heterocycles. The van der Waals surface area contributed by atoms with E-state index in [-0.39, 0.29) is 12.1 Å². The Kier molecular flexibility index (Phi) is 18.2. The third-order valence-electron chi connectivity index (χ3n) is 7.79. The van der Waals surface area contributed by atoms with Crippen LogP contribution in [0.3, 0.4) is 0 Å². The minimum Gasteiger partial charge on any atom is -0.307 e. The molecule has 0 saturated carbocycles. The van der Waals surface area contributed by atoms with Gasteiger partial charge < -0.3 is 5.32 Å². The molecule has 0 aromatic carbocycles. The van der Waals surface area contributed by atoms with Crippen LogP contribution in [0, 0.1) is 0 Å². The van der Waals surface area contributed by atoms with Crippen LogP contribution in [-0.4, -0.2) is 42.0 Å². The highest BCUT2D eigenvalue weighted by molar-refractivity contribution is 5.73. The van der Waals surface area contributed by atoms with E-state index in [9.17, 15) is 4.79 Å². The number of hydrogen-bond acceptors (Lipinski definition) is 2. The molecular formula is C30H58N3O+. The Morgan fingerprint density at radius 2 is 1.38 bits per heavy atom. The lowest BCUT2D eigenvalue weighted by Crippen LogP contribution is -2.63. The molecule has 4 heteroatoms. The second-order valence-electron chi connectivity index (χ2n) is 10.6. The monoisotopic (exact) mass is 476 g/mol. The smallest absolute Gasteiger partial charge is 0.221 e. The average molecular weight is 477 g/mol. The summed E-state index contributed by atoms with van der Waals surface area (Å²) in [5.41, 5.74) is 0. The van der Waals surface area contributed by atoms with Gasteiger partial charge in [-0.1, -0.05) is 96.1 Å². The van der Waals surface area contributed by atoms with Crippen molar-refractivity contribution in [3.63, 3.8) is 0 Å². The standard InChI is InChI=1S/C30H57N3O/c1-5-7-8-9-10-11-12-13-14-15-16-17-18-19-20-21-22-23-24-25-30-31-26-27-33(30,6-2)28(3)32-29(4)34/h20-21,26,28,30H,5-19,22-25,27H2,1-4H3/p+1/b21-20+. The predicted molar refractivity (Wildman–Crippen MR) is 149 cm³/mol. The number of hydrogen-bond donors (Lipinski definition) is 1. The molecule has 1 rings (SSSR count). The molecule has 0 aromatic heterocycles. The highest BCUT2D eigenvalue weighted by atomic mass is 16.1. The molecule has 0 fully saturated rings. The normalized spacial score (nSPS) is 20.9.